The van der Waals surface area contributed by atoms with E-state index in [2.05, 4.69) is 26.1 Å². The van der Waals surface area contributed by atoms with Crippen molar-refractivity contribution < 1.29 is 9.59 Å². The fourth-order valence-corrected chi connectivity index (χ4v) is 5.17. The average molecular weight is 306 g/mol. The van der Waals surface area contributed by atoms with Crippen LogP contribution in [0.5, 0.6) is 0 Å². The van der Waals surface area contributed by atoms with Crippen LogP contribution in [-0.4, -0.2) is 35.8 Å². The highest BCUT2D eigenvalue weighted by atomic mass is 16.2. The minimum absolute atomic E-state index is 0.0847. The van der Waals surface area contributed by atoms with E-state index < -0.39 is 0 Å². The first kappa shape index (κ1) is 15.8. The van der Waals surface area contributed by atoms with Crippen LogP contribution in [-0.2, 0) is 9.59 Å². The second-order valence-corrected chi connectivity index (χ2v) is 8.45. The Balaban J connectivity index is 1.59. The van der Waals surface area contributed by atoms with E-state index in [1.165, 1.54) is 12.8 Å². The van der Waals surface area contributed by atoms with Crippen LogP contribution in [0.25, 0.3) is 0 Å². The number of likely N-dealkylation sites (tertiary alicyclic amines) is 1. The number of carbonyl (C=O) groups excluding carboxylic acids is 2. The van der Waals surface area contributed by atoms with Gasteiger partial charge in [0.1, 0.15) is 0 Å². The highest BCUT2D eigenvalue weighted by Crippen LogP contribution is 2.65. The van der Waals surface area contributed by atoms with Gasteiger partial charge >= 0.3 is 0 Å². The van der Waals surface area contributed by atoms with Gasteiger partial charge in [-0.1, -0.05) is 20.8 Å². The number of fused-ring (bicyclic) bond motifs is 2. The minimum Gasteiger partial charge on any atom is -0.353 e. The lowest BCUT2D eigenvalue weighted by Crippen LogP contribution is -2.50. The van der Waals surface area contributed by atoms with Crippen molar-refractivity contribution in [1.82, 2.24) is 10.2 Å². The van der Waals surface area contributed by atoms with Gasteiger partial charge in [0.05, 0.1) is 0 Å². The van der Waals surface area contributed by atoms with E-state index in [-0.39, 0.29) is 23.1 Å². The second-order valence-electron chi connectivity index (χ2n) is 8.45. The third kappa shape index (κ3) is 2.26. The molecule has 2 amide bonds. The molecule has 0 spiro atoms. The summed E-state index contributed by atoms with van der Waals surface area (Å²) in [6.45, 7) is 10.2. The summed E-state index contributed by atoms with van der Waals surface area (Å²) >= 11 is 0. The van der Waals surface area contributed by atoms with Gasteiger partial charge in [0, 0.05) is 32.0 Å². The zero-order valence-electron chi connectivity index (χ0n) is 14.4. The Labute approximate surface area is 134 Å². The van der Waals surface area contributed by atoms with E-state index >= 15 is 0 Å². The fraction of sp³-hybridized carbons (Fsp3) is 0.889. The number of nitrogens with zero attached hydrogens (tertiary/aromatic N) is 1. The Bertz CT molecular complexity index is 479. The topological polar surface area (TPSA) is 49.4 Å². The molecule has 4 heteroatoms. The first-order chi connectivity index (χ1) is 10.3. The van der Waals surface area contributed by atoms with Crippen molar-refractivity contribution in [3.8, 4) is 0 Å². The summed E-state index contributed by atoms with van der Waals surface area (Å²) in [5.74, 6) is 1.18. The summed E-state index contributed by atoms with van der Waals surface area (Å²) in [6.07, 6.45) is 5.30. The zero-order valence-corrected chi connectivity index (χ0v) is 14.4. The molecular formula is C18H30N2O2. The molecule has 1 N–H and O–H groups in total. The van der Waals surface area contributed by atoms with Crippen LogP contribution in [0.15, 0.2) is 0 Å². The quantitative estimate of drug-likeness (QED) is 0.852. The molecular weight excluding hydrogens is 276 g/mol. The van der Waals surface area contributed by atoms with Crippen molar-refractivity contribution in [2.24, 2.45) is 22.7 Å². The molecule has 0 unspecified atom stereocenters. The van der Waals surface area contributed by atoms with Crippen molar-refractivity contribution in [2.45, 2.75) is 65.8 Å². The highest BCUT2D eigenvalue weighted by molar-refractivity contribution is 5.80. The lowest BCUT2D eigenvalue weighted by molar-refractivity contribution is -0.134. The Morgan fingerprint density at radius 1 is 1.09 bits per heavy atom. The van der Waals surface area contributed by atoms with E-state index in [9.17, 15) is 9.59 Å². The Kier molecular flexibility index (Phi) is 3.77. The van der Waals surface area contributed by atoms with Gasteiger partial charge in [0.2, 0.25) is 11.8 Å². The molecule has 3 atom stereocenters. The first-order valence-electron chi connectivity index (χ1n) is 8.81. The monoisotopic (exact) mass is 306 g/mol. The van der Waals surface area contributed by atoms with Crippen molar-refractivity contribution in [2.75, 3.05) is 13.1 Å². The van der Waals surface area contributed by atoms with Gasteiger partial charge in [-0.2, -0.15) is 0 Å². The van der Waals surface area contributed by atoms with Gasteiger partial charge in [-0.15, -0.1) is 0 Å². The molecule has 124 valence electrons. The number of amides is 2. The summed E-state index contributed by atoms with van der Waals surface area (Å²) in [4.78, 5) is 25.9. The summed E-state index contributed by atoms with van der Waals surface area (Å²) in [6, 6.07) is 0.333. The van der Waals surface area contributed by atoms with Crippen LogP contribution in [0.1, 0.15) is 59.8 Å². The summed E-state index contributed by atoms with van der Waals surface area (Å²) in [5, 5.41) is 3.38. The summed E-state index contributed by atoms with van der Waals surface area (Å²) in [5.41, 5.74) is 0.580. The van der Waals surface area contributed by atoms with Crippen molar-refractivity contribution in [3.63, 3.8) is 0 Å². The maximum Gasteiger partial charge on any atom is 0.223 e. The zero-order chi connectivity index (χ0) is 16.1. The largest absolute Gasteiger partial charge is 0.353 e. The van der Waals surface area contributed by atoms with Gasteiger partial charge in [0.25, 0.3) is 0 Å². The Morgan fingerprint density at radius 3 is 2.18 bits per heavy atom. The fourth-order valence-electron chi connectivity index (χ4n) is 5.17. The predicted molar refractivity (Wildman–Crippen MR) is 86.1 cm³/mol. The Morgan fingerprint density at radius 2 is 1.73 bits per heavy atom. The molecule has 1 heterocycles. The van der Waals surface area contributed by atoms with Crippen LogP contribution < -0.4 is 5.32 Å². The standard InChI is InChI=1S/C18H30N2O2/c1-12(21)20-9-6-13(7-10-20)16(22)19-15-11-14-5-8-18(15,4)17(14,2)3/h13-15H,5-11H2,1-4H3,(H,19,22)/t14-,15-,18-/m1/s1. The first-order valence-corrected chi connectivity index (χ1v) is 8.81. The molecule has 3 rings (SSSR count). The van der Waals surface area contributed by atoms with Crippen LogP contribution in [0, 0.1) is 22.7 Å². The molecule has 0 aromatic carbocycles. The summed E-state index contributed by atoms with van der Waals surface area (Å²) in [7, 11) is 0. The Hall–Kier alpha value is -1.06. The third-order valence-corrected chi connectivity index (χ3v) is 7.42. The highest BCUT2D eigenvalue weighted by Gasteiger charge is 2.61. The molecule has 2 aliphatic carbocycles. The van der Waals surface area contributed by atoms with Crippen molar-refractivity contribution >= 4 is 11.8 Å². The predicted octanol–water partition coefficient (Wildman–Crippen LogP) is 2.58. The molecule has 22 heavy (non-hydrogen) atoms. The van der Waals surface area contributed by atoms with Gasteiger partial charge in [-0.05, 0) is 48.9 Å². The number of hydrogen-bond acceptors (Lipinski definition) is 2. The van der Waals surface area contributed by atoms with E-state index in [0.717, 1.165) is 38.3 Å². The van der Waals surface area contributed by atoms with E-state index in [4.69, 9.17) is 0 Å². The number of nitrogens with one attached hydrogen (secondary N) is 1. The number of carbonyl (C=O) groups is 2. The third-order valence-electron chi connectivity index (χ3n) is 7.42. The minimum atomic E-state index is 0.0847. The molecule has 0 aromatic heterocycles. The van der Waals surface area contributed by atoms with Crippen molar-refractivity contribution in [3.05, 3.63) is 0 Å². The van der Waals surface area contributed by atoms with Crippen LogP contribution in [0.4, 0.5) is 0 Å². The van der Waals surface area contributed by atoms with Crippen LogP contribution in [0.2, 0.25) is 0 Å². The SMILES string of the molecule is CC(=O)N1CCC(C(=O)N[C@@H]2C[C@H]3CC[C@@]2(C)C3(C)C)CC1. The molecule has 0 radical (unpaired) electrons. The normalized spacial score (nSPS) is 37.4. The van der Waals surface area contributed by atoms with Gasteiger partial charge < -0.3 is 10.2 Å². The number of hydrogen-bond donors (Lipinski definition) is 1. The maximum absolute atomic E-state index is 12.6. The number of rotatable bonds is 2. The lowest BCUT2D eigenvalue weighted by atomic mass is 9.69. The van der Waals surface area contributed by atoms with Crippen LogP contribution in [0.3, 0.4) is 0 Å². The van der Waals surface area contributed by atoms with E-state index in [1.807, 2.05) is 4.90 Å². The average Bonchev–Trinajstić information content (AvgIpc) is 2.80. The molecule has 1 saturated heterocycles. The molecule has 3 aliphatic rings. The molecule has 1 aliphatic heterocycles. The van der Waals surface area contributed by atoms with Gasteiger partial charge in [-0.25, -0.2) is 0 Å². The molecule has 0 aromatic rings. The summed E-state index contributed by atoms with van der Waals surface area (Å²) < 4.78 is 0. The molecule has 3 fully saturated rings. The van der Waals surface area contributed by atoms with E-state index in [0.29, 0.717) is 11.5 Å². The van der Waals surface area contributed by atoms with Gasteiger partial charge in [-0.3, -0.25) is 9.59 Å². The van der Waals surface area contributed by atoms with Gasteiger partial charge in [0.15, 0.2) is 0 Å². The smallest absolute Gasteiger partial charge is 0.223 e. The van der Waals surface area contributed by atoms with Crippen LogP contribution >= 0.6 is 0 Å². The maximum atomic E-state index is 12.6. The lowest BCUT2D eigenvalue weighted by Gasteiger charge is -2.40. The molecule has 2 saturated carbocycles. The van der Waals surface area contributed by atoms with E-state index in [1.54, 1.807) is 6.92 Å². The number of piperidine rings is 1. The molecule has 2 bridgehead atoms. The second kappa shape index (κ2) is 5.24. The van der Waals surface area contributed by atoms with Crippen molar-refractivity contribution in [1.29, 1.82) is 0 Å². The molecule has 4 nitrogen and oxygen atoms in total.